The molecule has 1 fully saturated rings. The Morgan fingerprint density at radius 2 is 2.04 bits per heavy atom. The van der Waals surface area contributed by atoms with Crippen LogP contribution in [-0.4, -0.2) is 47.3 Å². The van der Waals surface area contributed by atoms with Crippen molar-refractivity contribution in [1.82, 2.24) is 15.0 Å². The Morgan fingerprint density at radius 1 is 1.33 bits per heavy atom. The molecule has 3 rings (SSSR count). The van der Waals surface area contributed by atoms with Crippen molar-refractivity contribution in [2.45, 2.75) is 26.6 Å². The SMILES string of the molecule is COCc1nc(-c2ccc(OC3CN(C(=O)C(C)C)C3)cc2)no1. The van der Waals surface area contributed by atoms with Gasteiger partial charge in [-0.3, -0.25) is 4.79 Å². The van der Waals surface area contributed by atoms with E-state index in [2.05, 4.69) is 10.1 Å². The van der Waals surface area contributed by atoms with Crippen LogP contribution < -0.4 is 4.74 Å². The van der Waals surface area contributed by atoms with Gasteiger partial charge in [-0.1, -0.05) is 19.0 Å². The van der Waals surface area contributed by atoms with Crippen LogP contribution in [0.4, 0.5) is 0 Å². The largest absolute Gasteiger partial charge is 0.487 e. The molecule has 2 heterocycles. The summed E-state index contributed by atoms with van der Waals surface area (Å²) in [5, 5.41) is 3.92. The van der Waals surface area contributed by atoms with Crippen LogP contribution in [0.3, 0.4) is 0 Å². The molecule has 0 atom stereocenters. The van der Waals surface area contributed by atoms with Crippen LogP contribution in [0.15, 0.2) is 28.8 Å². The third kappa shape index (κ3) is 3.56. The average molecular weight is 331 g/mol. The fourth-order valence-corrected chi connectivity index (χ4v) is 2.49. The zero-order chi connectivity index (χ0) is 17.1. The van der Waals surface area contributed by atoms with Crippen LogP contribution in [0.5, 0.6) is 5.75 Å². The first-order chi connectivity index (χ1) is 11.6. The molecule has 1 aliphatic heterocycles. The van der Waals surface area contributed by atoms with Gasteiger partial charge in [0.25, 0.3) is 5.89 Å². The maximum atomic E-state index is 11.8. The molecule has 7 heteroatoms. The summed E-state index contributed by atoms with van der Waals surface area (Å²) in [6.07, 6.45) is 0.0528. The molecule has 0 unspecified atom stereocenters. The van der Waals surface area contributed by atoms with Crippen molar-refractivity contribution in [1.29, 1.82) is 0 Å². The van der Waals surface area contributed by atoms with Gasteiger partial charge in [0.05, 0.1) is 13.1 Å². The summed E-state index contributed by atoms with van der Waals surface area (Å²) in [6, 6.07) is 7.50. The molecule has 1 amide bonds. The number of hydrogen-bond donors (Lipinski definition) is 0. The van der Waals surface area contributed by atoms with E-state index in [0.717, 1.165) is 11.3 Å². The van der Waals surface area contributed by atoms with E-state index in [4.69, 9.17) is 14.0 Å². The van der Waals surface area contributed by atoms with Gasteiger partial charge in [-0.2, -0.15) is 4.98 Å². The van der Waals surface area contributed by atoms with Gasteiger partial charge in [-0.05, 0) is 24.3 Å². The lowest BCUT2D eigenvalue weighted by molar-refractivity contribution is -0.143. The molecule has 0 aliphatic carbocycles. The summed E-state index contributed by atoms with van der Waals surface area (Å²) in [6.45, 7) is 5.39. The topological polar surface area (TPSA) is 77.7 Å². The van der Waals surface area contributed by atoms with Crippen LogP contribution >= 0.6 is 0 Å². The summed E-state index contributed by atoms with van der Waals surface area (Å²) in [4.78, 5) is 17.9. The lowest BCUT2D eigenvalue weighted by atomic mass is 10.1. The van der Waals surface area contributed by atoms with Gasteiger partial charge in [0, 0.05) is 18.6 Å². The van der Waals surface area contributed by atoms with E-state index in [9.17, 15) is 4.79 Å². The predicted molar refractivity (Wildman–Crippen MR) is 86.3 cm³/mol. The van der Waals surface area contributed by atoms with Gasteiger partial charge in [-0.25, -0.2) is 0 Å². The number of ether oxygens (including phenoxy) is 2. The fraction of sp³-hybridized carbons (Fsp3) is 0.471. The van der Waals surface area contributed by atoms with E-state index < -0.39 is 0 Å². The maximum absolute atomic E-state index is 11.8. The number of carbonyl (C=O) groups excluding carboxylic acids is 1. The highest BCUT2D eigenvalue weighted by atomic mass is 16.5. The zero-order valence-electron chi connectivity index (χ0n) is 14.1. The van der Waals surface area contributed by atoms with Gasteiger partial charge in [0.2, 0.25) is 11.7 Å². The molecule has 0 saturated carbocycles. The molecular formula is C17H21N3O4. The van der Waals surface area contributed by atoms with Gasteiger partial charge in [0.15, 0.2) is 0 Å². The Morgan fingerprint density at radius 3 is 2.67 bits per heavy atom. The normalized spacial score (nSPS) is 14.8. The minimum absolute atomic E-state index is 0.0307. The molecule has 24 heavy (non-hydrogen) atoms. The van der Waals surface area contributed by atoms with Crippen LogP contribution in [-0.2, 0) is 16.1 Å². The molecule has 1 saturated heterocycles. The molecule has 0 N–H and O–H groups in total. The Bertz CT molecular complexity index is 690. The van der Waals surface area contributed by atoms with Gasteiger partial charge in [-0.15, -0.1) is 0 Å². The Balaban J connectivity index is 1.55. The minimum atomic E-state index is 0.0307. The van der Waals surface area contributed by atoms with Gasteiger partial charge >= 0.3 is 0 Å². The predicted octanol–water partition coefficient (Wildman–Crippen LogP) is 2.13. The van der Waals surface area contributed by atoms with Crippen LogP contribution in [0.25, 0.3) is 11.4 Å². The Labute approximate surface area is 140 Å². The van der Waals surface area contributed by atoms with E-state index in [-0.39, 0.29) is 17.9 Å². The summed E-state index contributed by atoms with van der Waals surface area (Å²) in [5.41, 5.74) is 0.846. The van der Waals surface area contributed by atoms with Crippen LogP contribution in [0.2, 0.25) is 0 Å². The third-order valence-corrected chi connectivity index (χ3v) is 3.80. The van der Waals surface area contributed by atoms with E-state index in [1.54, 1.807) is 7.11 Å². The molecule has 2 aromatic rings. The quantitative estimate of drug-likeness (QED) is 0.807. The highest BCUT2D eigenvalue weighted by molar-refractivity contribution is 5.79. The zero-order valence-corrected chi connectivity index (χ0v) is 14.1. The lowest BCUT2D eigenvalue weighted by Crippen LogP contribution is -2.57. The first-order valence-corrected chi connectivity index (χ1v) is 7.94. The summed E-state index contributed by atoms with van der Waals surface area (Å²) < 4.78 is 15.9. The second kappa shape index (κ2) is 7.00. The number of nitrogens with zero attached hydrogens (tertiary/aromatic N) is 3. The highest BCUT2D eigenvalue weighted by Gasteiger charge is 2.33. The van der Waals surface area contributed by atoms with Crippen molar-refractivity contribution in [3.05, 3.63) is 30.2 Å². The first-order valence-electron chi connectivity index (χ1n) is 7.94. The monoisotopic (exact) mass is 331 g/mol. The molecular weight excluding hydrogens is 310 g/mol. The molecule has 1 aromatic heterocycles. The molecule has 0 spiro atoms. The van der Waals surface area contributed by atoms with Crippen molar-refractivity contribution < 1.29 is 18.8 Å². The number of amides is 1. The van der Waals surface area contributed by atoms with Crippen molar-refractivity contribution >= 4 is 5.91 Å². The second-order valence-corrected chi connectivity index (χ2v) is 6.11. The van der Waals surface area contributed by atoms with Crippen molar-refractivity contribution in [3.8, 4) is 17.1 Å². The van der Waals surface area contributed by atoms with Gasteiger partial charge < -0.3 is 18.9 Å². The standard InChI is InChI=1S/C17H21N3O4/c1-11(2)17(21)20-8-14(9-20)23-13-6-4-12(5-7-13)16-18-15(10-22-3)24-19-16/h4-7,11,14H,8-10H2,1-3H3. The van der Waals surface area contributed by atoms with E-state index in [1.807, 2.05) is 43.0 Å². The van der Waals surface area contributed by atoms with E-state index in [1.165, 1.54) is 0 Å². The molecule has 0 radical (unpaired) electrons. The third-order valence-electron chi connectivity index (χ3n) is 3.80. The number of carbonyl (C=O) groups is 1. The summed E-state index contributed by atoms with van der Waals surface area (Å²) in [5.74, 6) is 1.93. The second-order valence-electron chi connectivity index (χ2n) is 6.11. The maximum Gasteiger partial charge on any atom is 0.252 e. The highest BCUT2D eigenvalue weighted by Crippen LogP contribution is 2.23. The molecule has 0 bridgehead atoms. The molecule has 1 aromatic carbocycles. The molecule has 1 aliphatic rings. The number of rotatable bonds is 6. The van der Waals surface area contributed by atoms with Crippen molar-refractivity contribution in [2.75, 3.05) is 20.2 Å². The summed E-state index contributed by atoms with van der Waals surface area (Å²) >= 11 is 0. The van der Waals surface area contributed by atoms with Crippen molar-refractivity contribution in [3.63, 3.8) is 0 Å². The number of methoxy groups -OCH3 is 1. The number of hydrogen-bond acceptors (Lipinski definition) is 6. The van der Waals surface area contributed by atoms with E-state index >= 15 is 0 Å². The Kier molecular flexibility index (Phi) is 4.80. The summed E-state index contributed by atoms with van der Waals surface area (Å²) in [7, 11) is 1.58. The Hall–Kier alpha value is -2.41. The molecule has 128 valence electrons. The van der Waals surface area contributed by atoms with E-state index in [0.29, 0.717) is 31.4 Å². The van der Waals surface area contributed by atoms with Gasteiger partial charge in [0.1, 0.15) is 18.5 Å². The average Bonchev–Trinajstić information content (AvgIpc) is 2.99. The lowest BCUT2D eigenvalue weighted by Gasteiger charge is -2.39. The molecule has 7 nitrogen and oxygen atoms in total. The van der Waals surface area contributed by atoms with Crippen LogP contribution in [0, 0.1) is 5.92 Å². The number of benzene rings is 1. The first kappa shape index (κ1) is 16.4. The number of likely N-dealkylation sites (tertiary alicyclic amines) is 1. The minimum Gasteiger partial charge on any atom is -0.487 e. The number of aromatic nitrogens is 2. The smallest absolute Gasteiger partial charge is 0.252 e. The fourth-order valence-electron chi connectivity index (χ4n) is 2.49. The van der Waals surface area contributed by atoms with Crippen molar-refractivity contribution in [2.24, 2.45) is 5.92 Å². The van der Waals surface area contributed by atoms with Crippen LogP contribution in [0.1, 0.15) is 19.7 Å².